The molecule has 1 amide bonds. The first-order chi connectivity index (χ1) is 22.6. The predicted molar refractivity (Wildman–Crippen MR) is 178 cm³/mol. The van der Waals surface area contributed by atoms with Crippen molar-refractivity contribution in [3.8, 4) is 17.6 Å². The van der Waals surface area contributed by atoms with E-state index in [0.717, 1.165) is 51.3 Å². The van der Waals surface area contributed by atoms with E-state index < -0.39 is 12.7 Å². The molecule has 2 atom stereocenters. The molecular formula is C36H42F3N5O3. The Bertz CT molecular complexity index is 1690. The highest BCUT2D eigenvalue weighted by molar-refractivity contribution is 5.95. The molecule has 3 aromatic rings. The van der Waals surface area contributed by atoms with Gasteiger partial charge in [0.25, 0.3) is 5.91 Å². The van der Waals surface area contributed by atoms with E-state index in [0.29, 0.717) is 39.4 Å². The first kappa shape index (κ1) is 32.8. The van der Waals surface area contributed by atoms with Crippen LogP contribution in [0.15, 0.2) is 54.6 Å². The molecule has 2 aromatic carbocycles. The largest absolute Gasteiger partial charge is 0.495 e. The van der Waals surface area contributed by atoms with Gasteiger partial charge in [-0.2, -0.15) is 13.2 Å². The molecule has 8 nitrogen and oxygen atoms in total. The van der Waals surface area contributed by atoms with Crippen molar-refractivity contribution in [1.82, 2.24) is 14.8 Å². The number of rotatable bonds is 8. The molecule has 0 radical (unpaired) electrons. The van der Waals surface area contributed by atoms with Crippen molar-refractivity contribution < 1.29 is 27.4 Å². The summed E-state index contributed by atoms with van der Waals surface area (Å²) in [4.78, 5) is 14.5. The molecule has 47 heavy (non-hydrogen) atoms. The fraction of sp³-hybridized carbons (Fsp3) is 0.472. The summed E-state index contributed by atoms with van der Waals surface area (Å²) in [6.45, 7) is 7.42. The second kappa shape index (κ2) is 13.5. The van der Waals surface area contributed by atoms with Crippen LogP contribution in [0.3, 0.4) is 0 Å². The molecule has 1 aromatic heterocycles. The topological polar surface area (TPSA) is 79.8 Å². The molecule has 1 saturated carbocycles. The van der Waals surface area contributed by atoms with Gasteiger partial charge in [-0.1, -0.05) is 24.1 Å². The summed E-state index contributed by atoms with van der Waals surface area (Å²) in [5.41, 5.74) is 4.23. The van der Waals surface area contributed by atoms with Crippen LogP contribution in [0.5, 0.6) is 5.75 Å². The van der Waals surface area contributed by atoms with E-state index in [-0.39, 0.29) is 24.2 Å². The number of benzene rings is 2. The Morgan fingerprint density at radius 1 is 1.13 bits per heavy atom. The van der Waals surface area contributed by atoms with E-state index in [2.05, 4.69) is 39.3 Å². The number of nitrogens with zero attached hydrogens (tertiary/aromatic N) is 2. The van der Waals surface area contributed by atoms with Crippen molar-refractivity contribution in [2.75, 3.05) is 57.6 Å². The molecule has 1 aliphatic carbocycles. The average molecular weight is 650 g/mol. The minimum Gasteiger partial charge on any atom is -0.495 e. The third kappa shape index (κ3) is 7.24. The van der Waals surface area contributed by atoms with Gasteiger partial charge in [0.2, 0.25) is 0 Å². The van der Waals surface area contributed by atoms with Gasteiger partial charge in [0, 0.05) is 41.2 Å². The number of alkyl halides is 3. The monoisotopic (exact) mass is 649 g/mol. The van der Waals surface area contributed by atoms with Crippen LogP contribution in [-0.2, 0) is 11.3 Å². The molecule has 3 fully saturated rings. The van der Waals surface area contributed by atoms with Crippen LogP contribution in [0.1, 0.15) is 48.2 Å². The second-order valence-electron chi connectivity index (χ2n) is 12.9. The summed E-state index contributed by atoms with van der Waals surface area (Å²) < 4.78 is 53.4. The van der Waals surface area contributed by atoms with Gasteiger partial charge in [0.05, 0.1) is 43.8 Å². The lowest BCUT2D eigenvalue weighted by molar-refractivity contribution is -0.142. The van der Waals surface area contributed by atoms with E-state index in [1.54, 1.807) is 43.4 Å². The quantitative estimate of drug-likeness (QED) is 0.204. The number of carbonyl (C=O) groups is 1. The number of piperidine rings is 1. The van der Waals surface area contributed by atoms with Crippen LogP contribution < -0.4 is 20.7 Å². The number of amides is 1. The van der Waals surface area contributed by atoms with Crippen LogP contribution in [-0.4, -0.2) is 80.6 Å². The number of hydrogen-bond acceptors (Lipinski definition) is 6. The number of halogens is 3. The smallest absolute Gasteiger partial charge is 0.406 e. The van der Waals surface area contributed by atoms with Crippen LogP contribution in [0, 0.1) is 17.3 Å². The lowest BCUT2D eigenvalue weighted by Crippen LogP contribution is -2.54. The van der Waals surface area contributed by atoms with Gasteiger partial charge < -0.3 is 30.0 Å². The molecule has 0 bridgehead atoms. The van der Waals surface area contributed by atoms with E-state index >= 15 is 0 Å². The highest BCUT2D eigenvalue weighted by Crippen LogP contribution is 2.41. The zero-order valence-electron chi connectivity index (χ0n) is 26.9. The minimum atomic E-state index is -4.42. The Morgan fingerprint density at radius 3 is 2.57 bits per heavy atom. The van der Waals surface area contributed by atoms with Crippen LogP contribution in [0.4, 0.5) is 24.5 Å². The van der Waals surface area contributed by atoms with E-state index in [1.165, 1.54) is 30.1 Å². The Morgan fingerprint density at radius 2 is 1.91 bits per heavy atom. The summed E-state index contributed by atoms with van der Waals surface area (Å²) in [6, 6.07) is 12.7. The number of ether oxygens (including phenoxy) is 2. The van der Waals surface area contributed by atoms with Crippen molar-refractivity contribution in [2.45, 2.75) is 56.9 Å². The molecule has 1 spiro atoms. The Balaban J connectivity index is 1.15. The fourth-order valence-electron chi connectivity index (χ4n) is 7.15. The summed E-state index contributed by atoms with van der Waals surface area (Å²) in [6.07, 6.45) is 0.725. The highest BCUT2D eigenvalue weighted by Gasteiger charge is 2.43. The summed E-state index contributed by atoms with van der Waals surface area (Å²) in [5, 5.41) is 10.0. The molecule has 2 aliphatic heterocycles. The van der Waals surface area contributed by atoms with E-state index in [9.17, 15) is 18.0 Å². The van der Waals surface area contributed by atoms with Gasteiger partial charge in [-0.3, -0.25) is 9.69 Å². The molecular weight excluding hydrogens is 607 g/mol. The molecule has 3 aliphatic rings. The van der Waals surface area contributed by atoms with Crippen molar-refractivity contribution in [3.05, 3.63) is 65.9 Å². The summed E-state index contributed by atoms with van der Waals surface area (Å²) >= 11 is 0. The second-order valence-corrected chi connectivity index (χ2v) is 12.9. The number of anilines is 2. The zero-order valence-corrected chi connectivity index (χ0v) is 26.9. The van der Waals surface area contributed by atoms with Gasteiger partial charge in [-0.05, 0) is 87.5 Å². The minimum absolute atomic E-state index is 0.148. The highest BCUT2D eigenvalue weighted by atomic mass is 19.4. The Kier molecular flexibility index (Phi) is 9.44. The number of aromatic nitrogens is 1. The lowest BCUT2D eigenvalue weighted by atomic mass is 9.75. The molecule has 3 N–H and O–H groups in total. The fourth-order valence-corrected chi connectivity index (χ4v) is 7.15. The predicted octanol–water partition coefficient (Wildman–Crippen LogP) is 6.04. The number of nitrogens with one attached hydrogen (secondary N) is 3. The van der Waals surface area contributed by atoms with E-state index in [4.69, 9.17) is 9.47 Å². The van der Waals surface area contributed by atoms with Gasteiger partial charge in [0.1, 0.15) is 12.3 Å². The standard InChI is InChI=1S/C36H42F3N5O3/c1-24-18-26(10-12-31(24)43-16-13-35(14-17-43)22-47-23-35)42-29-7-4-8-32-28(29)20-27(44(32)21-36(37,38)39)6-5-15-41-30-11-9-25(34(45)40-2)19-33(30)46-3/h4,7-9,11,19-20,26,31,41-42H,1,10,12-18,21-23H2,2-3H3,(H,40,45)/t26-,31-/m0/s1. The molecule has 6 rings (SSSR count). The average Bonchev–Trinajstić information content (AvgIpc) is 3.38. The maximum atomic E-state index is 13.7. The maximum Gasteiger partial charge on any atom is 0.406 e. The normalized spacial score (nSPS) is 21.1. The lowest BCUT2D eigenvalue weighted by Gasteiger charge is -2.50. The number of likely N-dealkylation sites (tertiary alicyclic amines) is 1. The molecule has 3 heterocycles. The molecule has 2 saturated heterocycles. The van der Waals surface area contributed by atoms with Crippen molar-refractivity contribution in [3.63, 3.8) is 0 Å². The molecule has 250 valence electrons. The van der Waals surface area contributed by atoms with Gasteiger partial charge in [-0.25, -0.2) is 0 Å². The van der Waals surface area contributed by atoms with Gasteiger partial charge >= 0.3 is 6.18 Å². The zero-order chi connectivity index (χ0) is 33.2. The number of methoxy groups -OCH3 is 1. The Hall–Kier alpha value is -4.14. The van der Waals surface area contributed by atoms with Gasteiger partial charge in [0.15, 0.2) is 0 Å². The molecule has 11 heteroatoms. The SMILES string of the molecule is C=C1C[C@@H](Nc2cccc3c2cc(C#CCNc2ccc(C(=O)NC)cc2OC)n3CC(F)(F)F)CC[C@@H]1N1CCC2(CC1)COC2. The number of hydrogen-bond donors (Lipinski definition) is 3. The third-order valence-corrected chi connectivity index (χ3v) is 9.80. The van der Waals surface area contributed by atoms with Crippen molar-refractivity contribution in [1.29, 1.82) is 0 Å². The first-order valence-corrected chi connectivity index (χ1v) is 16.2. The summed E-state index contributed by atoms with van der Waals surface area (Å²) in [7, 11) is 3.04. The molecule has 0 unspecified atom stereocenters. The van der Waals surface area contributed by atoms with Gasteiger partial charge in [-0.15, -0.1) is 0 Å². The van der Waals surface area contributed by atoms with Crippen molar-refractivity contribution in [2.24, 2.45) is 5.41 Å². The number of fused-ring (bicyclic) bond motifs is 1. The van der Waals surface area contributed by atoms with Crippen LogP contribution in [0.25, 0.3) is 10.9 Å². The van der Waals surface area contributed by atoms with Crippen LogP contribution >= 0.6 is 0 Å². The van der Waals surface area contributed by atoms with Crippen LogP contribution in [0.2, 0.25) is 0 Å². The third-order valence-electron chi connectivity index (χ3n) is 9.80. The number of carbonyl (C=O) groups excluding carboxylic acids is 1. The van der Waals surface area contributed by atoms with E-state index in [1.807, 2.05) is 6.07 Å². The maximum absolute atomic E-state index is 13.7. The van der Waals surface area contributed by atoms with Crippen molar-refractivity contribution >= 4 is 28.2 Å². The summed E-state index contributed by atoms with van der Waals surface area (Å²) in [5.74, 6) is 6.14. The Labute approximate surface area is 273 Å². The first-order valence-electron chi connectivity index (χ1n) is 16.2.